The second kappa shape index (κ2) is 24.0. The van der Waals surface area contributed by atoms with Crippen LogP contribution in [-0.4, -0.2) is 19.9 Å². The van der Waals surface area contributed by atoms with Gasteiger partial charge in [-0.3, -0.25) is 0 Å². The molecule has 0 amide bonds. The molecule has 476 valence electrons. The summed E-state index contributed by atoms with van der Waals surface area (Å²) >= 11 is 0. The van der Waals surface area contributed by atoms with Gasteiger partial charge in [0.2, 0.25) is 0 Å². The van der Waals surface area contributed by atoms with Gasteiger partial charge < -0.3 is 19.6 Å². The largest absolute Gasteiger partial charge is 0.309 e. The summed E-state index contributed by atoms with van der Waals surface area (Å²) in [5, 5.41) is 0. The van der Waals surface area contributed by atoms with Crippen molar-refractivity contribution in [2.45, 2.75) is 0 Å². The van der Waals surface area contributed by atoms with Gasteiger partial charge in [0, 0.05) is 67.3 Å². The monoisotopic (exact) mass is 1300 g/mol. The molecule has 0 atom stereocenters. The SMILES string of the molecule is C1=Cc2ccccc2N(c2ccc(-c3nc4nc(-c5ccc(N6c7ccccc7-c7ccccc7-c7ccccc76)cc5)c(-c5ccc(N6c7ccccc7-c7ccccc7-c7ccccc76)cc5)nc4nc3-c3ccc(N4c5ccccc5C=Cc5ccccc54)cc3)cc2)c2ccccc21. The first-order valence-corrected chi connectivity index (χ1v) is 34.6. The Morgan fingerprint density at radius 1 is 0.157 bits per heavy atom. The van der Waals surface area contributed by atoms with Crippen LogP contribution < -0.4 is 19.6 Å². The zero-order valence-corrected chi connectivity index (χ0v) is 55.2. The highest BCUT2D eigenvalue weighted by atomic mass is 15.2. The maximum absolute atomic E-state index is 5.70. The number of aromatic nitrogens is 4. The van der Waals surface area contributed by atoms with Crippen LogP contribution in [-0.2, 0) is 0 Å². The average Bonchev–Trinajstić information content (AvgIpc) is 1.70. The van der Waals surface area contributed by atoms with E-state index in [-0.39, 0.29) is 0 Å². The molecule has 2 aromatic heterocycles. The number of hydrogen-bond acceptors (Lipinski definition) is 8. The van der Waals surface area contributed by atoms with Crippen LogP contribution in [0.4, 0.5) is 68.2 Å². The Balaban J connectivity index is 0.772. The Bertz CT molecular complexity index is 5490. The van der Waals surface area contributed by atoms with Gasteiger partial charge in [-0.25, -0.2) is 19.9 Å². The lowest BCUT2D eigenvalue weighted by Gasteiger charge is -2.27. The highest BCUT2D eigenvalue weighted by Gasteiger charge is 2.30. The molecule has 0 unspecified atom stereocenters. The number of rotatable bonds is 8. The zero-order valence-electron chi connectivity index (χ0n) is 55.2. The van der Waals surface area contributed by atoms with Crippen molar-refractivity contribution in [2.24, 2.45) is 0 Å². The smallest absolute Gasteiger partial charge is 0.199 e. The Labute approximate surface area is 591 Å². The van der Waals surface area contributed by atoms with Gasteiger partial charge in [0.1, 0.15) is 0 Å². The molecule has 0 N–H and O–H groups in total. The van der Waals surface area contributed by atoms with E-state index in [1.807, 2.05) is 0 Å². The maximum Gasteiger partial charge on any atom is 0.199 e. The minimum absolute atomic E-state index is 0.422. The number of fused-ring (bicyclic) bond motifs is 15. The first-order chi connectivity index (χ1) is 50.6. The highest BCUT2D eigenvalue weighted by molar-refractivity contribution is 6.05. The van der Waals surface area contributed by atoms with Gasteiger partial charge in [0.15, 0.2) is 11.3 Å². The van der Waals surface area contributed by atoms with Gasteiger partial charge in [0.05, 0.1) is 68.3 Å². The van der Waals surface area contributed by atoms with Crippen LogP contribution in [0.25, 0.3) is 125 Å². The maximum atomic E-state index is 5.70. The van der Waals surface area contributed by atoms with E-state index in [1.54, 1.807) is 0 Å². The topological polar surface area (TPSA) is 64.5 Å². The summed E-state index contributed by atoms with van der Waals surface area (Å²) < 4.78 is 0. The molecule has 20 rings (SSSR count). The van der Waals surface area contributed by atoms with Gasteiger partial charge >= 0.3 is 0 Å². The molecule has 0 spiro atoms. The highest BCUT2D eigenvalue weighted by Crippen LogP contribution is 2.54. The molecule has 102 heavy (non-hydrogen) atoms. The number of benzene rings is 14. The molecule has 4 aliphatic heterocycles. The molecule has 14 aromatic carbocycles. The number of nitrogens with zero attached hydrogens (tertiary/aromatic N) is 8. The van der Waals surface area contributed by atoms with Crippen LogP contribution in [0.3, 0.4) is 0 Å². The molecule has 8 heteroatoms. The van der Waals surface area contributed by atoms with E-state index in [2.05, 4.69) is 384 Å². The molecule has 0 fully saturated rings. The molecule has 0 radical (unpaired) electrons. The van der Waals surface area contributed by atoms with Crippen LogP contribution in [0.15, 0.2) is 340 Å². The summed E-state index contributed by atoms with van der Waals surface area (Å²) in [6.07, 6.45) is 8.82. The molecule has 0 saturated carbocycles. The summed E-state index contributed by atoms with van der Waals surface area (Å²) in [6.45, 7) is 0. The lowest BCUT2D eigenvalue weighted by atomic mass is 9.95. The van der Waals surface area contributed by atoms with Crippen LogP contribution >= 0.6 is 0 Å². The van der Waals surface area contributed by atoms with E-state index in [9.17, 15) is 0 Å². The predicted octanol–water partition coefficient (Wildman–Crippen LogP) is 25.2. The third-order valence-electron chi connectivity index (χ3n) is 20.3. The molecular formula is C94H60N8. The van der Waals surface area contributed by atoms with Crippen LogP contribution in [0.5, 0.6) is 0 Å². The summed E-state index contributed by atoms with van der Waals surface area (Å²) in [5.41, 5.74) is 33.9. The van der Waals surface area contributed by atoms with Gasteiger partial charge in [-0.1, -0.05) is 267 Å². The molecular weight excluding hydrogens is 1240 g/mol. The van der Waals surface area contributed by atoms with E-state index in [4.69, 9.17) is 19.9 Å². The van der Waals surface area contributed by atoms with Crippen molar-refractivity contribution in [3.63, 3.8) is 0 Å². The summed E-state index contributed by atoms with van der Waals surface area (Å²) in [7, 11) is 0. The van der Waals surface area contributed by atoms with Crippen molar-refractivity contribution in [3.8, 4) is 89.5 Å². The van der Waals surface area contributed by atoms with Crippen molar-refractivity contribution in [1.82, 2.24) is 19.9 Å². The van der Waals surface area contributed by atoms with Gasteiger partial charge in [-0.15, -0.1) is 0 Å². The van der Waals surface area contributed by atoms with Gasteiger partial charge in [0.25, 0.3) is 0 Å². The summed E-state index contributed by atoms with van der Waals surface area (Å²) in [5.74, 6) is 0. The minimum Gasteiger partial charge on any atom is -0.309 e. The molecule has 0 bridgehead atoms. The van der Waals surface area contributed by atoms with E-state index < -0.39 is 0 Å². The van der Waals surface area contributed by atoms with Crippen LogP contribution in [0.2, 0.25) is 0 Å². The fourth-order valence-corrected chi connectivity index (χ4v) is 15.6. The Kier molecular flexibility index (Phi) is 13.7. The van der Waals surface area contributed by atoms with Crippen molar-refractivity contribution in [1.29, 1.82) is 0 Å². The zero-order chi connectivity index (χ0) is 67.2. The molecule has 6 heterocycles. The van der Waals surface area contributed by atoms with E-state index in [1.165, 1.54) is 22.3 Å². The van der Waals surface area contributed by atoms with E-state index in [0.29, 0.717) is 34.1 Å². The number of anilines is 12. The first kappa shape index (κ1) is 58.3. The first-order valence-electron chi connectivity index (χ1n) is 34.6. The second-order valence-corrected chi connectivity index (χ2v) is 26.1. The molecule has 0 saturated heterocycles. The fraction of sp³-hybridized carbons (Fsp3) is 0. The Morgan fingerprint density at radius 2 is 0.333 bits per heavy atom. The van der Waals surface area contributed by atoms with Crippen LogP contribution in [0.1, 0.15) is 22.3 Å². The Hall–Kier alpha value is -13.8. The normalized spacial score (nSPS) is 12.7. The van der Waals surface area contributed by atoms with E-state index >= 15 is 0 Å². The fourth-order valence-electron chi connectivity index (χ4n) is 15.6. The van der Waals surface area contributed by atoms with Gasteiger partial charge in [-0.2, -0.15) is 0 Å². The quantitative estimate of drug-likeness (QED) is 0.149. The lowest BCUT2D eigenvalue weighted by Crippen LogP contribution is -2.11. The third-order valence-corrected chi connectivity index (χ3v) is 20.3. The average molecular weight is 1300 g/mol. The summed E-state index contributed by atoms with van der Waals surface area (Å²) in [4.78, 5) is 32.2. The minimum atomic E-state index is 0.422. The molecule has 8 nitrogen and oxygen atoms in total. The standard InChI is InChI=1S/C94H60N8/c1-13-33-81-61(21-1)41-42-62-22-2-14-34-82(62)99(81)69-53-45-65(46-54-69)89-90(66-47-55-70(56-48-66)100-83-35-15-3-23-63(83)43-44-64-24-4-16-36-84(64)100)96-94-93(95-89)97-91(67-49-57-71(58-50-67)101-85-37-17-9-29-77(85)73-25-5-6-26-74(73)78-30-10-18-38-86(78)101)92(98-94)68-51-59-72(60-52-68)102-87-39-19-11-31-79(87)75-27-7-8-28-76(75)80-32-12-20-40-88(80)102/h1-60H. The lowest BCUT2D eigenvalue weighted by molar-refractivity contribution is 1.17. The molecule has 4 aliphatic rings. The van der Waals surface area contributed by atoms with Crippen LogP contribution in [0, 0.1) is 0 Å². The van der Waals surface area contributed by atoms with E-state index in [0.717, 1.165) is 135 Å². The Morgan fingerprint density at radius 3 is 0.559 bits per heavy atom. The third kappa shape index (κ3) is 9.68. The van der Waals surface area contributed by atoms with Crippen molar-refractivity contribution < 1.29 is 0 Å². The molecule has 16 aromatic rings. The van der Waals surface area contributed by atoms with Crippen molar-refractivity contribution in [3.05, 3.63) is 362 Å². The van der Waals surface area contributed by atoms with Crippen molar-refractivity contribution in [2.75, 3.05) is 19.6 Å². The molecule has 0 aliphatic carbocycles. The van der Waals surface area contributed by atoms with Gasteiger partial charge in [-0.05, 0) is 142 Å². The number of para-hydroxylation sites is 8. The number of hydrogen-bond donors (Lipinski definition) is 0. The van der Waals surface area contributed by atoms with Crippen molar-refractivity contribution >= 4 is 104 Å². The summed E-state index contributed by atoms with van der Waals surface area (Å²) in [6, 6.07) is 122. The second-order valence-electron chi connectivity index (χ2n) is 26.1. The predicted molar refractivity (Wildman–Crippen MR) is 422 cm³/mol.